The van der Waals surface area contributed by atoms with Crippen LogP contribution in [-0.4, -0.2) is 69.7 Å². The molecule has 11 heteroatoms. The molecule has 1 aliphatic carbocycles. The Morgan fingerprint density at radius 2 is 1.62 bits per heavy atom. The molecule has 2 unspecified atom stereocenters. The van der Waals surface area contributed by atoms with Crippen molar-refractivity contribution in [3.05, 3.63) is 51.2 Å². The number of hydrogen-bond acceptors (Lipinski definition) is 10. The highest BCUT2D eigenvalue weighted by atomic mass is 32.2. The summed E-state index contributed by atoms with van der Waals surface area (Å²) in [6, 6.07) is 7.80. The first kappa shape index (κ1) is 37.7. The van der Waals surface area contributed by atoms with Crippen LogP contribution in [0.1, 0.15) is 49.0 Å². The number of primary amides is 1. The van der Waals surface area contributed by atoms with Crippen LogP contribution in [0, 0.1) is 0 Å². The van der Waals surface area contributed by atoms with E-state index >= 15 is 0 Å². The van der Waals surface area contributed by atoms with Crippen molar-refractivity contribution < 1.29 is 29.2 Å². The summed E-state index contributed by atoms with van der Waals surface area (Å²) < 4.78 is 17.6. The third kappa shape index (κ3) is 9.97. The third-order valence-electron chi connectivity index (χ3n) is 6.03. The number of methoxy groups -OCH3 is 2. The second kappa shape index (κ2) is 20.6. The summed E-state index contributed by atoms with van der Waals surface area (Å²) >= 11 is 4.99. The first-order chi connectivity index (χ1) is 19.3. The predicted octanol–water partition coefficient (Wildman–Crippen LogP) is 3.38. The number of benzene rings is 1. The molecule has 0 saturated carbocycles. The number of aryl methyl sites for hydroxylation is 2. The van der Waals surface area contributed by atoms with Crippen LogP contribution >= 0.6 is 24.4 Å². The molecule has 0 aromatic heterocycles. The van der Waals surface area contributed by atoms with Gasteiger partial charge in [-0.3, -0.25) is 9.59 Å². The minimum absolute atomic E-state index is 0.0495. The molecular weight excluding hydrogens is 552 g/mol. The van der Waals surface area contributed by atoms with Gasteiger partial charge in [0.15, 0.2) is 16.9 Å². The van der Waals surface area contributed by atoms with Gasteiger partial charge in [-0.1, -0.05) is 6.07 Å². The summed E-state index contributed by atoms with van der Waals surface area (Å²) in [7, 11) is 5.76. The number of thioether (sulfide) groups is 1. The molecule has 6 N–H and O–H groups in total. The normalized spacial score (nSPS) is 16.6. The molecule has 40 heavy (non-hydrogen) atoms. The Labute approximate surface area is 248 Å². The molecule has 1 aliphatic heterocycles. The summed E-state index contributed by atoms with van der Waals surface area (Å²) in [5.74, 6) is 0.896. The quantitative estimate of drug-likeness (QED) is 0.263. The van der Waals surface area contributed by atoms with E-state index in [1.165, 1.54) is 25.7 Å². The van der Waals surface area contributed by atoms with Crippen molar-refractivity contribution in [2.45, 2.75) is 56.1 Å². The fraction of sp³-hybridized carbons (Fsp3) is 0.517. The zero-order chi connectivity index (χ0) is 30.8. The van der Waals surface area contributed by atoms with Gasteiger partial charge in [0.05, 0.1) is 25.2 Å². The van der Waals surface area contributed by atoms with Gasteiger partial charge < -0.3 is 35.9 Å². The number of aliphatic hydroxyl groups excluding tert-OH is 2. The Kier molecular flexibility index (Phi) is 19.4. The Morgan fingerprint density at radius 3 is 2.15 bits per heavy atom. The van der Waals surface area contributed by atoms with E-state index in [1.807, 2.05) is 18.4 Å². The molecule has 2 aromatic carbocycles. The van der Waals surface area contributed by atoms with Crippen molar-refractivity contribution in [3.63, 3.8) is 0 Å². The summed E-state index contributed by atoms with van der Waals surface area (Å²) in [4.78, 5) is 22.5. The molecule has 0 radical (unpaired) electrons. The van der Waals surface area contributed by atoms with E-state index in [4.69, 9.17) is 19.3 Å². The Balaban J connectivity index is 0.00000135. The second-order valence-electron chi connectivity index (χ2n) is 8.38. The molecule has 1 heterocycles. The lowest BCUT2D eigenvalue weighted by Crippen LogP contribution is -2.27. The van der Waals surface area contributed by atoms with Crippen LogP contribution in [0.15, 0.2) is 34.0 Å². The molecule has 226 valence electrons. The van der Waals surface area contributed by atoms with Gasteiger partial charge in [0, 0.05) is 31.8 Å². The molecule has 1 saturated heterocycles. The van der Waals surface area contributed by atoms with Crippen molar-refractivity contribution in [2.75, 3.05) is 47.5 Å². The lowest BCUT2D eigenvalue weighted by molar-refractivity contribution is -0.115. The highest BCUT2D eigenvalue weighted by Crippen LogP contribution is 2.49. The van der Waals surface area contributed by atoms with Crippen molar-refractivity contribution in [2.24, 2.45) is 11.5 Å². The summed E-state index contributed by atoms with van der Waals surface area (Å²) in [6.07, 6.45) is 6.77. The number of carbonyl (C=O) groups is 1. The van der Waals surface area contributed by atoms with E-state index in [9.17, 15) is 14.7 Å². The molecule has 0 spiro atoms. The molecule has 1 fully saturated rings. The topological polar surface area (TPSA) is 154 Å². The molecule has 0 bridgehead atoms. The summed E-state index contributed by atoms with van der Waals surface area (Å²) in [6.45, 7) is 1.92. The van der Waals surface area contributed by atoms with Crippen LogP contribution in [0.2, 0.25) is 0 Å². The molecule has 2 aromatic rings. The lowest BCUT2D eigenvalue weighted by Gasteiger charge is -2.31. The maximum Gasteiger partial charge on any atom is 0.214 e. The summed E-state index contributed by atoms with van der Waals surface area (Å²) in [5.41, 5.74) is 14.0. The largest absolute Gasteiger partial charge is 0.492 e. The van der Waals surface area contributed by atoms with Crippen LogP contribution in [0.5, 0.6) is 11.5 Å². The average molecular weight is 599 g/mol. The number of aliphatic hydroxyl groups is 2. The molecule has 2 atom stereocenters. The lowest BCUT2D eigenvalue weighted by atomic mass is 9.90. The fourth-order valence-electron chi connectivity index (χ4n) is 4.63. The van der Waals surface area contributed by atoms with Crippen LogP contribution in [0.4, 0.5) is 0 Å². The van der Waals surface area contributed by atoms with Gasteiger partial charge in [0.25, 0.3) is 0 Å². The van der Waals surface area contributed by atoms with Crippen molar-refractivity contribution in [3.8, 4) is 22.6 Å². The first-order valence-corrected chi connectivity index (χ1v) is 15.0. The predicted molar refractivity (Wildman–Crippen MR) is 167 cm³/mol. The number of hydrogen-bond donors (Lipinski definition) is 5. The van der Waals surface area contributed by atoms with E-state index in [-0.39, 0.29) is 11.3 Å². The monoisotopic (exact) mass is 598 g/mol. The van der Waals surface area contributed by atoms with Crippen molar-refractivity contribution in [1.29, 1.82) is 0 Å². The third-order valence-corrected chi connectivity index (χ3v) is 6.81. The van der Waals surface area contributed by atoms with Crippen LogP contribution in [0.3, 0.4) is 0 Å². The molecule has 2 aliphatic rings. The maximum atomic E-state index is 12.6. The Bertz CT molecular complexity index is 1110. The van der Waals surface area contributed by atoms with Gasteiger partial charge in [-0.05, 0) is 86.6 Å². The van der Waals surface area contributed by atoms with Gasteiger partial charge in [-0.15, -0.1) is 11.8 Å². The zero-order valence-corrected chi connectivity index (χ0v) is 26.4. The van der Waals surface area contributed by atoms with E-state index in [1.54, 1.807) is 26.5 Å². The van der Waals surface area contributed by atoms with E-state index in [0.29, 0.717) is 24.5 Å². The van der Waals surface area contributed by atoms with Gasteiger partial charge >= 0.3 is 0 Å². The van der Waals surface area contributed by atoms with Crippen LogP contribution in [-0.2, 0) is 22.4 Å². The Morgan fingerprint density at radius 1 is 1.05 bits per heavy atom. The number of carbonyl (C=O) groups excluding carboxylic acids is 1. The van der Waals surface area contributed by atoms with E-state index < -0.39 is 12.2 Å². The average Bonchev–Trinajstić information content (AvgIpc) is 3.24. The second-order valence-corrected chi connectivity index (χ2v) is 9.23. The summed E-state index contributed by atoms with van der Waals surface area (Å²) in [5, 5.41) is 17.6. The Hall–Kier alpha value is -2.28. The molecular formula is C29H46N2O7S2. The molecule has 1 amide bonds. The highest BCUT2D eigenvalue weighted by molar-refractivity contribution is 7.98. The van der Waals surface area contributed by atoms with Crippen LogP contribution in [0.25, 0.3) is 11.1 Å². The standard InChI is InChI=1S/C24H28O5S.C2H5NO.CH5N.CH4O.CH4S/c1-27-23-17(22-18(25)8-5-11-29-22)12-15-7-4-6-14-13-19(26)20(30-3)10-9-16(14)21(15)24(23)28-2;1-2(3)4;3*1-2/h9-10,12-13,18,22,25H,4-8,11H2,1-3H3;1H3,(H2,3,4);2H2,1H3;2*2H,1H3. The number of rotatable bonds is 4. The maximum absolute atomic E-state index is 12.6. The van der Waals surface area contributed by atoms with Gasteiger partial charge in [-0.25, -0.2) is 0 Å². The molecule has 9 nitrogen and oxygen atoms in total. The van der Waals surface area contributed by atoms with Crippen molar-refractivity contribution in [1.82, 2.24) is 0 Å². The molecule has 4 rings (SSSR count). The van der Waals surface area contributed by atoms with E-state index in [0.717, 1.165) is 65.5 Å². The number of amides is 1. The first-order valence-electron chi connectivity index (χ1n) is 12.8. The SMILES string of the molecule is CC(N)=O.CN.CO.COc1c(C2OCCCC2O)cc2c(c1OC)-c1ccc(SC)c(=O)cc1CCC2.CS. The van der Waals surface area contributed by atoms with Crippen LogP contribution < -0.4 is 26.4 Å². The van der Waals surface area contributed by atoms with Gasteiger partial charge in [-0.2, -0.15) is 12.6 Å². The number of fused-ring (bicyclic) bond motifs is 3. The minimum Gasteiger partial charge on any atom is -0.492 e. The number of thiol groups is 1. The van der Waals surface area contributed by atoms with Crippen molar-refractivity contribution >= 4 is 30.3 Å². The van der Waals surface area contributed by atoms with Gasteiger partial charge in [0.2, 0.25) is 5.91 Å². The fourth-order valence-corrected chi connectivity index (χ4v) is 5.10. The smallest absolute Gasteiger partial charge is 0.214 e. The van der Waals surface area contributed by atoms with E-state index in [2.05, 4.69) is 30.2 Å². The minimum atomic E-state index is -0.571. The highest BCUT2D eigenvalue weighted by Gasteiger charge is 2.33. The number of nitrogens with two attached hydrogens (primary N) is 2. The zero-order valence-electron chi connectivity index (χ0n) is 24.7. The number of ether oxygens (including phenoxy) is 3. The van der Waals surface area contributed by atoms with Gasteiger partial charge in [0.1, 0.15) is 6.10 Å².